The normalized spacial score (nSPS) is 24.6. The van der Waals surface area contributed by atoms with Crippen LogP contribution in [0.3, 0.4) is 0 Å². The highest BCUT2D eigenvalue weighted by Gasteiger charge is 2.33. The molecule has 2 heterocycles. The van der Waals surface area contributed by atoms with Crippen LogP contribution in [0.15, 0.2) is 24.3 Å². The average molecular weight is 389 g/mol. The van der Waals surface area contributed by atoms with Gasteiger partial charge in [0.15, 0.2) is 6.10 Å². The van der Waals surface area contributed by atoms with Crippen LogP contribution in [0.1, 0.15) is 49.7 Å². The molecule has 3 rings (SSSR count). The summed E-state index contributed by atoms with van der Waals surface area (Å²) in [6.07, 6.45) is 2.64. The number of nitrogens with one attached hydrogen (secondary N) is 1. The Morgan fingerprint density at radius 3 is 2.64 bits per heavy atom. The number of aliphatic hydroxyl groups excluding tert-OH is 1. The van der Waals surface area contributed by atoms with E-state index >= 15 is 0 Å². The fourth-order valence-electron chi connectivity index (χ4n) is 4.36. The summed E-state index contributed by atoms with van der Waals surface area (Å²) in [5.74, 6) is 0.545. The Kier molecular flexibility index (Phi) is 7.45. The van der Waals surface area contributed by atoms with Gasteiger partial charge in [-0.05, 0) is 61.6 Å². The molecule has 1 aromatic rings. The van der Waals surface area contributed by atoms with Crippen LogP contribution in [-0.4, -0.2) is 60.8 Å². The predicted octanol–water partition coefficient (Wildman–Crippen LogP) is 1.86. The number of ether oxygens (including phenoxy) is 1. The van der Waals surface area contributed by atoms with Crippen molar-refractivity contribution in [2.75, 3.05) is 26.2 Å². The summed E-state index contributed by atoms with van der Waals surface area (Å²) in [6.45, 7) is 5.34. The first-order valence-corrected chi connectivity index (χ1v) is 10.5. The lowest BCUT2D eigenvalue weighted by molar-refractivity contribution is -0.154. The second kappa shape index (κ2) is 10.0. The lowest BCUT2D eigenvalue weighted by Crippen LogP contribution is -2.47. The summed E-state index contributed by atoms with van der Waals surface area (Å²) < 4.78 is 5.20. The van der Waals surface area contributed by atoms with Crippen molar-refractivity contribution in [2.45, 2.75) is 57.2 Å². The fraction of sp³-hybridized carbons (Fsp3) is 0.636. The Morgan fingerprint density at radius 2 is 2.00 bits per heavy atom. The third-order valence-corrected chi connectivity index (χ3v) is 6.12. The van der Waals surface area contributed by atoms with Crippen molar-refractivity contribution in [3.8, 4) is 0 Å². The van der Waals surface area contributed by atoms with E-state index in [4.69, 9.17) is 4.74 Å². The minimum Gasteiger partial charge on any atom is -0.454 e. The maximum Gasteiger partial charge on any atom is 0.293 e. The molecule has 28 heavy (non-hydrogen) atoms. The van der Waals surface area contributed by atoms with Gasteiger partial charge >= 0.3 is 0 Å². The van der Waals surface area contributed by atoms with Gasteiger partial charge in [-0.2, -0.15) is 0 Å². The number of carbonyl (C=O) groups is 2. The van der Waals surface area contributed by atoms with Crippen LogP contribution in [0.2, 0.25) is 0 Å². The number of carbonyl (C=O) groups excluding carboxylic acids is 2. The Balaban J connectivity index is 1.60. The summed E-state index contributed by atoms with van der Waals surface area (Å²) in [4.78, 5) is 25.5. The third-order valence-electron chi connectivity index (χ3n) is 6.12. The van der Waals surface area contributed by atoms with Crippen molar-refractivity contribution in [3.05, 3.63) is 35.4 Å². The first-order valence-electron chi connectivity index (χ1n) is 10.5. The SMILES string of the molecule is CCc1ccc(C2CNCC(CC(OC=O)C(=O)N3CCC(O)CC3)C2)cc1. The number of amides is 1. The van der Waals surface area contributed by atoms with Gasteiger partial charge in [-0.25, -0.2) is 0 Å². The van der Waals surface area contributed by atoms with Gasteiger partial charge in [-0.3, -0.25) is 9.59 Å². The molecule has 2 N–H and O–H groups in total. The molecule has 6 heteroatoms. The third kappa shape index (κ3) is 5.32. The molecule has 1 aromatic carbocycles. The van der Waals surface area contributed by atoms with Gasteiger partial charge < -0.3 is 20.1 Å². The molecule has 0 aliphatic carbocycles. The van der Waals surface area contributed by atoms with E-state index in [1.54, 1.807) is 4.90 Å². The zero-order valence-electron chi connectivity index (χ0n) is 16.7. The van der Waals surface area contributed by atoms with Gasteiger partial charge in [0.1, 0.15) is 0 Å². The second-order valence-corrected chi connectivity index (χ2v) is 8.07. The van der Waals surface area contributed by atoms with Crippen molar-refractivity contribution in [3.63, 3.8) is 0 Å². The first-order chi connectivity index (χ1) is 13.6. The van der Waals surface area contributed by atoms with Crippen molar-refractivity contribution in [1.29, 1.82) is 0 Å². The number of nitrogens with zero attached hydrogens (tertiary/aromatic N) is 1. The molecule has 0 bridgehead atoms. The molecule has 0 spiro atoms. The molecule has 2 fully saturated rings. The standard InChI is InChI=1S/C22H32N2O4/c1-2-16-3-5-18(6-4-16)19-11-17(13-23-14-19)12-21(28-15-25)22(27)24-9-7-20(26)8-10-24/h3-6,15,17,19-21,23,26H,2,7-14H2,1H3. The molecule has 3 atom stereocenters. The number of benzene rings is 1. The van der Waals surface area contributed by atoms with Crippen molar-refractivity contribution < 1.29 is 19.4 Å². The molecule has 0 aromatic heterocycles. The quantitative estimate of drug-likeness (QED) is 0.697. The van der Waals surface area contributed by atoms with E-state index in [0.717, 1.165) is 25.9 Å². The maximum atomic E-state index is 12.8. The molecule has 0 radical (unpaired) electrons. The van der Waals surface area contributed by atoms with Crippen LogP contribution in [-0.2, 0) is 20.7 Å². The highest BCUT2D eigenvalue weighted by Crippen LogP contribution is 2.30. The topological polar surface area (TPSA) is 78.9 Å². The summed E-state index contributed by atoms with van der Waals surface area (Å²) in [7, 11) is 0. The van der Waals surface area contributed by atoms with Crippen molar-refractivity contribution >= 4 is 12.4 Å². The molecule has 6 nitrogen and oxygen atoms in total. The lowest BCUT2D eigenvalue weighted by atomic mass is 9.82. The van der Waals surface area contributed by atoms with Gasteiger partial charge in [0.05, 0.1) is 6.10 Å². The smallest absolute Gasteiger partial charge is 0.293 e. The van der Waals surface area contributed by atoms with Gasteiger partial charge in [0.2, 0.25) is 0 Å². The van der Waals surface area contributed by atoms with Gasteiger partial charge in [0, 0.05) is 19.6 Å². The first kappa shape index (κ1) is 20.8. The molecule has 1 amide bonds. The summed E-state index contributed by atoms with van der Waals surface area (Å²) in [6, 6.07) is 8.78. The summed E-state index contributed by atoms with van der Waals surface area (Å²) in [5.41, 5.74) is 2.65. The number of aliphatic hydroxyl groups is 1. The Bertz CT molecular complexity index is 640. The van der Waals surface area contributed by atoms with Crippen LogP contribution < -0.4 is 5.32 Å². The lowest BCUT2D eigenvalue weighted by Gasteiger charge is -2.35. The second-order valence-electron chi connectivity index (χ2n) is 8.07. The Labute approximate surface area is 167 Å². The summed E-state index contributed by atoms with van der Waals surface area (Å²) in [5, 5.41) is 13.1. The van der Waals surface area contributed by atoms with E-state index < -0.39 is 6.10 Å². The largest absolute Gasteiger partial charge is 0.454 e. The van der Waals surface area contributed by atoms with Crippen molar-refractivity contribution in [2.24, 2.45) is 5.92 Å². The van der Waals surface area contributed by atoms with Crippen LogP contribution in [0.4, 0.5) is 0 Å². The zero-order chi connectivity index (χ0) is 19.9. The van der Waals surface area contributed by atoms with E-state index in [9.17, 15) is 14.7 Å². The Morgan fingerprint density at radius 1 is 1.29 bits per heavy atom. The molecule has 2 saturated heterocycles. The van der Waals surface area contributed by atoms with Crippen LogP contribution in [0.25, 0.3) is 0 Å². The molecule has 154 valence electrons. The molecule has 2 aliphatic heterocycles. The maximum absolute atomic E-state index is 12.8. The molecule has 3 unspecified atom stereocenters. The van der Waals surface area contributed by atoms with E-state index in [0.29, 0.717) is 44.7 Å². The molecular formula is C22H32N2O4. The highest BCUT2D eigenvalue weighted by atomic mass is 16.5. The van der Waals surface area contributed by atoms with Crippen LogP contribution in [0, 0.1) is 5.92 Å². The number of aryl methyl sites for hydroxylation is 1. The minimum atomic E-state index is -0.735. The molecule has 0 saturated carbocycles. The number of hydrogen-bond donors (Lipinski definition) is 2. The molecular weight excluding hydrogens is 356 g/mol. The highest BCUT2D eigenvalue weighted by molar-refractivity contribution is 5.82. The van der Waals surface area contributed by atoms with E-state index in [2.05, 4.69) is 36.5 Å². The number of piperidine rings is 2. The van der Waals surface area contributed by atoms with Crippen LogP contribution >= 0.6 is 0 Å². The Hall–Kier alpha value is -1.92. The van der Waals surface area contributed by atoms with Crippen molar-refractivity contribution in [1.82, 2.24) is 10.2 Å². The number of hydrogen-bond acceptors (Lipinski definition) is 5. The van der Waals surface area contributed by atoms with E-state index in [-0.39, 0.29) is 17.9 Å². The molecule has 2 aliphatic rings. The fourth-order valence-corrected chi connectivity index (χ4v) is 4.36. The minimum absolute atomic E-state index is 0.131. The van der Waals surface area contributed by atoms with Gasteiger partial charge in [-0.15, -0.1) is 0 Å². The van der Waals surface area contributed by atoms with Gasteiger partial charge in [0.25, 0.3) is 12.4 Å². The number of likely N-dealkylation sites (tertiary alicyclic amines) is 1. The van der Waals surface area contributed by atoms with E-state index in [1.807, 2.05) is 0 Å². The van der Waals surface area contributed by atoms with E-state index in [1.165, 1.54) is 11.1 Å². The predicted molar refractivity (Wildman–Crippen MR) is 107 cm³/mol. The monoisotopic (exact) mass is 388 g/mol. The summed E-state index contributed by atoms with van der Waals surface area (Å²) >= 11 is 0. The zero-order valence-corrected chi connectivity index (χ0v) is 16.7. The number of rotatable bonds is 7. The van der Waals surface area contributed by atoms with Gasteiger partial charge in [-0.1, -0.05) is 31.2 Å². The average Bonchev–Trinajstić information content (AvgIpc) is 2.74. The van der Waals surface area contributed by atoms with Crippen LogP contribution in [0.5, 0.6) is 0 Å².